The predicted octanol–water partition coefficient (Wildman–Crippen LogP) is 9.80. The van der Waals surface area contributed by atoms with Crippen LogP contribution in [0.15, 0.2) is 146 Å². The third kappa shape index (κ3) is 12.6. The molecule has 2 unspecified atom stereocenters. The molecule has 20 heteroatoms. The average Bonchev–Trinajstić information content (AvgIpc) is 4.10. The van der Waals surface area contributed by atoms with Crippen molar-refractivity contribution in [2.24, 2.45) is 0 Å². The Bertz CT molecular complexity index is 3110. The van der Waals surface area contributed by atoms with Gasteiger partial charge in [0.2, 0.25) is 0 Å². The van der Waals surface area contributed by atoms with Gasteiger partial charge < -0.3 is 43.8 Å². The van der Waals surface area contributed by atoms with Crippen LogP contribution in [0.5, 0.6) is 17.2 Å². The molecule has 6 atom stereocenters. The van der Waals surface area contributed by atoms with Gasteiger partial charge in [0.25, 0.3) is 5.91 Å². The lowest BCUT2D eigenvalue weighted by atomic mass is 9.79. The van der Waals surface area contributed by atoms with Crippen LogP contribution in [0.2, 0.25) is 0 Å². The van der Waals surface area contributed by atoms with Gasteiger partial charge >= 0.3 is 7.75 Å². The molecule has 8 rings (SSSR count). The van der Waals surface area contributed by atoms with Gasteiger partial charge in [0.15, 0.2) is 29.6 Å². The van der Waals surface area contributed by atoms with Crippen LogP contribution in [0.25, 0.3) is 11.2 Å². The highest BCUT2D eigenvalue weighted by atomic mass is 31.2. The number of amides is 1. The molecule has 5 aromatic carbocycles. The van der Waals surface area contributed by atoms with E-state index in [-0.39, 0.29) is 60.9 Å². The zero-order valence-corrected chi connectivity index (χ0v) is 47.8. The Balaban J connectivity index is 1.35. The monoisotopic (exact) mass is 1110 g/mol. The average molecular weight is 1110 g/mol. The number of methoxy groups -OCH3 is 4. The number of nitrogens with zero attached hydrogens (tertiary/aromatic N) is 6. The first-order valence-electron chi connectivity index (χ1n) is 26.6. The van der Waals surface area contributed by atoms with E-state index in [9.17, 15) is 4.79 Å². The lowest BCUT2D eigenvalue weighted by Gasteiger charge is -2.42. The van der Waals surface area contributed by atoms with Crippen molar-refractivity contribution in [3.8, 4) is 17.2 Å². The summed E-state index contributed by atoms with van der Waals surface area (Å²) in [6.45, 7) is 11.2. The summed E-state index contributed by atoms with van der Waals surface area (Å²) < 4.78 is 78.1. The molecule has 0 spiro atoms. The largest absolute Gasteiger partial charge is 0.497 e. The molecule has 1 aliphatic rings. The molecular formula is C60H72N7O12P. The highest BCUT2D eigenvalue weighted by Gasteiger charge is 2.58. The summed E-state index contributed by atoms with van der Waals surface area (Å²) in [7, 11) is 1.64. The summed E-state index contributed by atoms with van der Waals surface area (Å²) in [5, 5.41) is 0. The van der Waals surface area contributed by atoms with Crippen LogP contribution in [0.1, 0.15) is 85.2 Å². The number of nitrogens with two attached hydrogens (primary N) is 1. The minimum absolute atomic E-state index is 0.0127. The first-order valence-corrected chi connectivity index (χ1v) is 28.1. The molecular weight excluding hydrogens is 1040 g/mol. The lowest BCUT2D eigenvalue weighted by Crippen LogP contribution is -2.51. The first kappa shape index (κ1) is 59.1. The van der Waals surface area contributed by atoms with Gasteiger partial charge in [-0.1, -0.05) is 84.9 Å². The van der Waals surface area contributed by atoms with Crippen LogP contribution in [0, 0.1) is 0 Å². The van der Waals surface area contributed by atoms with Crippen LogP contribution in [0.3, 0.4) is 0 Å². The summed E-state index contributed by atoms with van der Waals surface area (Å²) in [4.78, 5) is 45.3. The number of hydrogen-bond acceptors (Lipinski definition) is 16. The molecule has 0 aliphatic carbocycles. The zero-order valence-electron chi connectivity index (χ0n) is 46.9. The van der Waals surface area contributed by atoms with Crippen LogP contribution in [-0.2, 0) is 38.2 Å². The Labute approximate surface area is 467 Å². The molecule has 0 bridgehead atoms. The molecule has 0 radical (unpaired) electrons. The minimum Gasteiger partial charge on any atom is -0.497 e. The summed E-state index contributed by atoms with van der Waals surface area (Å²) in [5.41, 5.74) is 7.93. The fraction of sp³-hybridized carbons (Fsp3) is 0.383. The third-order valence-electron chi connectivity index (χ3n) is 14.0. The molecule has 1 aliphatic heterocycles. The Morgan fingerprint density at radius 1 is 0.662 bits per heavy atom. The number of aromatic nitrogens is 4. The van der Waals surface area contributed by atoms with Crippen molar-refractivity contribution in [1.29, 1.82) is 0 Å². The van der Waals surface area contributed by atoms with Gasteiger partial charge in [-0.05, 0) is 107 Å². The van der Waals surface area contributed by atoms with E-state index in [0.29, 0.717) is 39.5 Å². The van der Waals surface area contributed by atoms with Crippen molar-refractivity contribution in [1.82, 2.24) is 29.1 Å². The second kappa shape index (κ2) is 26.5. The summed E-state index contributed by atoms with van der Waals surface area (Å²) >= 11 is 0. The van der Waals surface area contributed by atoms with E-state index in [1.165, 1.54) is 12.7 Å². The lowest BCUT2D eigenvalue weighted by molar-refractivity contribution is -0.126. The van der Waals surface area contributed by atoms with Gasteiger partial charge in [-0.15, -0.1) is 0 Å². The van der Waals surface area contributed by atoms with E-state index in [1.54, 1.807) is 91.1 Å². The molecule has 3 heterocycles. The molecule has 1 saturated heterocycles. The summed E-state index contributed by atoms with van der Waals surface area (Å²) in [6, 6.07) is 38.7. The van der Waals surface area contributed by atoms with Crippen LogP contribution in [0.4, 0.5) is 5.82 Å². The highest BCUT2D eigenvalue weighted by molar-refractivity contribution is 7.51. The molecule has 1 amide bonds. The first-order chi connectivity index (χ1) is 38.6. The number of carbonyl (C=O) groups is 2. The topological polar surface area (TPSA) is 210 Å². The molecule has 1 fully saturated rings. The number of nitrogen functional groups attached to an aromatic ring is 1. The molecule has 80 heavy (non-hydrogen) atoms. The molecule has 7 aromatic rings. The van der Waals surface area contributed by atoms with E-state index < -0.39 is 61.9 Å². The fourth-order valence-electron chi connectivity index (χ4n) is 10.2. The van der Waals surface area contributed by atoms with E-state index in [2.05, 4.69) is 15.0 Å². The van der Waals surface area contributed by atoms with Gasteiger partial charge in [0.1, 0.15) is 53.0 Å². The van der Waals surface area contributed by atoms with Crippen molar-refractivity contribution in [2.75, 3.05) is 60.5 Å². The molecule has 2 N–H and O–H groups in total. The van der Waals surface area contributed by atoms with Crippen LogP contribution < -0.4 is 19.9 Å². The van der Waals surface area contributed by atoms with Gasteiger partial charge in [-0.2, -0.15) is 0 Å². The number of Topliss-reactive ketones (excluding diaryl/α,β-unsaturated/α-hetero) is 1. The van der Waals surface area contributed by atoms with Gasteiger partial charge in [0, 0.05) is 42.9 Å². The maximum Gasteiger partial charge on any atom is 0.409 e. The maximum atomic E-state index is 16.6. The SMILES string of the molecule is COCCO[C@@H]1[C@H](OP(=O)(OCCN(C(=O)c2ccc(OC)cc2)C(C)C)N(C(C)C)C(C)C)[C@@H](C(OC(c2ccccc2)(c2ccc(OC)cc2)c2ccc(OC)cc2)C(=O)c2ccccc2)O[C@H]1n1cnc2c(N)ncnc21. The Morgan fingerprint density at radius 2 is 1.21 bits per heavy atom. The Hall–Kier alpha value is -7.06. The smallest absolute Gasteiger partial charge is 0.409 e. The summed E-state index contributed by atoms with van der Waals surface area (Å²) in [6.07, 6.45) is -4.23. The number of ether oxygens (including phenoxy) is 7. The standard InChI is InChI=1S/C60H72N7O12P/c1-39(2)65(58(69)43-21-27-47(72-8)28-22-43)33-34-76-80(70,67(40(3)4)41(5)6)79-54-53(77-59(55(54)75-36-35-71-7)66-38-64-50-56(61)62-37-63-57(50)66)52(51(68)42-17-13-11-14-18-42)78-60(44-19-15-12-16-20-44,45-23-29-48(73-9)30-24-45)46-25-31-49(74-10)32-26-46/h11-32,37-41,52-55,59H,33-36H2,1-10H3,(H2,61,62,63)/t52?,53-,54-,55-,59-,80?/m1/s1. The second-order valence-electron chi connectivity index (χ2n) is 19.9. The number of fused-ring (bicyclic) bond motifs is 1. The van der Waals surface area contributed by atoms with Crippen molar-refractivity contribution in [3.05, 3.63) is 174 Å². The predicted molar refractivity (Wildman–Crippen MR) is 303 cm³/mol. The number of ketones is 1. The number of rotatable bonds is 27. The number of anilines is 1. The fourth-order valence-corrected chi connectivity index (χ4v) is 12.5. The molecule has 19 nitrogen and oxygen atoms in total. The van der Waals surface area contributed by atoms with Crippen molar-refractivity contribution in [2.45, 2.75) is 95.9 Å². The van der Waals surface area contributed by atoms with Crippen LogP contribution in [-0.4, -0.2) is 138 Å². The molecule has 0 saturated carbocycles. The Kier molecular flexibility index (Phi) is 19.5. The third-order valence-corrected chi connectivity index (χ3v) is 16.5. The van der Waals surface area contributed by atoms with Crippen molar-refractivity contribution >= 4 is 36.4 Å². The highest BCUT2D eigenvalue weighted by Crippen LogP contribution is 2.58. The Morgan fingerprint density at radius 3 is 1.75 bits per heavy atom. The normalized spacial score (nSPS) is 17.7. The quantitative estimate of drug-likeness (QED) is 0.0220. The van der Waals surface area contributed by atoms with Crippen molar-refractivity contribution in [3.63, 3.8) is 0 Å². The van der Waals surface area contributed by atoms with E-state index in [4.69, 9.17) is 47.9 Å². The van der Waals surface area contributed by atoms with Crippen LogP contribution >= 0.6 is 7.75 Å². The van der Waals surface area contributed by atoms with Crippen molar-refractivity contribution < 1.29 is 56.4 Å². The molecule has 2 aromatic heterocycles. The number of imidazole rings is 1. The summed E-state index contributed by atoms with van der Waals surface area (Å²) in [5.74, 6) is 1.12. The van der Waals surface area contributed by atoms with E-state index >= 15 is 9.36 Å². The van der Waals surface area contributed by atoms with Gasteiger partial charge in [-0.3, -0.25) is 23.2 Å². The number of benzene rings is 5. The van der Waals surface area contributed by atoms with E-state index in [0.717, 1.165) is 0 Å². The zero-order chi connectivity index (χ0) is 57.1. The van der Waals surface area contributed by atoms with Gasteiger partial charge in [-0.25, -0.2) is 24.2 Å². The minimum atomic E-state index is -4.63. The maximum absolute atomic E-state index is 16.6. The number of hydrogen-bond donors (Lipinski definition) is 1. The molecule has 424 valence electrons. The number of carbonyl (C=O) groups excluding carboxylic acids is 2. The second-order valence-corrected chi connectivity index (χ2v) is 21.8. The van der Waals surface area contributed by atoms with E-state index in [1.807, 2.05) is 126 Å². The van der Waals surface area contributed by atoms with Gasteiger partial charge in [0.05, 0.1) is 47.5 Å².